The van der Waals surface area contributed by atoms with Gasteiger partial charge in [-0.2, -0.15) is 0 Å². The van der Waals surface area contributed by atoms with Crippen LogP contribution in [0.4, 0.5) is 0 Å². The van der Waals surface area contributed by atoms with Crippen molar-refractivity contribution in [3.63, 3.8) is 0 Å². The van der Waals surface area contributed by atoms with Crippen molar-refractivity contribution in [2.45, 2.75) is 66.6 Å². The van der Waals surface area contributed by atoms with Crippen LogP contribution in [0.2, 0.25) is 0 Å². The van der Waals surface area contributed by atoms with Gasteiger partial charge in [0.2, 0.25) is 0 Å². The highest BCUT2D eigenvalue weighted by Gasteiger charge is 2.58. The molecule has 0 aliphatic rings. The summed E-state index contributed by atoms with van der Waals surface area (Å²) in [6.07, 6.45) is 0. The summed E-state index contributed by atoms with van der Waals surface area (Å²) in [7, 11) is 3.54. The molecular weight excluding hydrogens is 200 g/mol. The van der Waals surface area contributed by atoms with Crippen LogP contribution in [0.25, 0.3) is 0 Å². The normalized spacial score (nSPS) is 21.4. The van der Waals surface area contributed by atoms with Crippen molar-refractivity contribution < 1.29 is 9.47 Å². The molecule has 0 N–H and O–H groups in total. The Morgan fingerprint density at radius 3 is 0.750 bits per heavy atom. The molecule has 0 fully saturated rings. The zero-order valence-corrected chi connectivity index (χ0v) is 12.8. The predicted octanol–water partition coefficient (Wildman–Crippen LogP) is 3.89. The maximum Gasteiger partial charge on any atom is 0.0989 e. The molecule has 0 aliphatic heterocycles. The first-order chi connectivity index (χ1) is 6.87. The van der Waals surface area contributed by atoms with Gasteiger partial charge in [0.25, 0.3) is 0 Å². The number of methoxy groups -OCH3 is 2. The van der Waals surface area contributed by atoms with Crippen molar-refractivity contribution in [3.05, 3.63) is 0 Å². The molecule has 0 radical (unpaired) electrons. The Morgan fingerprint density at radius 1 is 0.500 bits per heavy atom. The minimum atomic E-state index is -0.354. The van der Waals surface area contributed by atoms with Crippen molar-refractivity contribution in [1.29, 1.82) is 0 Å². The maximum atomic E-state index is 5.86. The van der Waals surface area contributed by atoms with Crippen molar-refractivity contribution in [3.8, 4) is 0 Å². The molecule has 0 saturated carbocycles. The Balaban J connectivity index is 5.70. The van der Waals surface area contributed by atoms with Gasteiger partial charge in [-0.3, -0.25) is 0 Å². The van der Waals surface area contributed by atoms with E-state index in [0.717, 1.165) is 0 Å². The van der Waals surface area contributed by atoms with Crippen LogP contribution in [0.3, 0.4) is 0 Å². The van der Waals surface area contributed by atoms with Gasteiger partial charge in [-0.05, 0) is 24.7 Å². The lowest BCUT2D eigenvalue weighted by Crippen LogP contribution is -2.65. The minimum absolute atomic E-state index is 0.000208. The summed E-state index contributed by atoms with van der Waals surface area (Å²) in [6.45, 7) is 17.4. The Bertz CT molecular complexity index is 208. The van der Waals surface area contributed by atoms with Crippen LogP contribution in [-0.4, -0.2) is 25.4 Å². The molecule has 0 aromatic heterocycles. The molecule has 0 amide bonds. The average molecular weight is 230 g/mol. The number of ether oxygens (including phenoxy) is 2. The molecule has 0 aromatic carbocycles. The summed E-state index contributed by atoms with van der Waals surface area (Å²) in [6, 6.07) is 0. The van der Waals surface area contributed by atoms with E-state index in [1.165, 1.54) is 0 Å². The number of rotatable bonds is 3. The van der Waals surface area contributed by atoms with Gasteiger partial charge in [-0.25, -0.2) is 0 Å². The minimum Gasteiger partial charge on any atom is -0.375 e. The van der Waals surface area contributed by atoms with Gasteiger partial charge in [0, 0.05) is 14.2 Å². The quantitative estimate of drug-likeness (QED) is 0.732. The molecular formula is C14H30O2. The van der Waals surface area contributed by atoms with Gasteiger partial charge >= 0.3 is 0 Å². The zero-order chi connectivity index (χ0) is 13.4. The lowest BCUT2D eigenvalue weighted by atomic mass is 9.59. The third-order valence-electron chi connectivity index (χ3n) is 4.59. The second-order valence-corrected chi connectivity index (χ2v) is 6.97. The van der Waals surface area contributed by atoms with Gasteiger partial charge in [-0.15, -0.1) is 0 Å². The smallest absolute Gasteiger partial charge is 0.0989 e. The summed E-state index contributed by atoms with van der Waals surface area (Å²) < 4.78 is 11.7. The summed E-state index contributed by atoms with van der Waals surface area (Å²) >= 11 is 0. The van der Waals surface area contributed by atoms with Crippen LogP contribution in [0.15, 0.2) is 0 Å². The van der Waals surface area contributed by atoms with Crippen LogP contribution in [0.5, 0.6) is 0 Å². The van der Waals surface area contributed by atoms with E-state index in [1.54, 1.807) is 14.2 Å². The molecule has 0 spiro atoms. The maximum absolute atomic E-state index is 5.86. The topological polar surface area (TPSA) is 18.5 Å². The van der Waals surface area contributed by atoms with E-state index in [0.29, 0.717) is 0 Å². The van der Waals surface area contributed by atoms with Crippen LogP contribution < -0.4 is 0 Å². The summed E-state index contributed by atoms with van der Waals surface area (Å²) in [5.41, 5.74) is -0.709. The lowest BCUT2D eigenvalue weighted by molar-refractivity contribution is -0.251. The Kier molecular flexibility index (Phi) is 4.28. The van der Waals surface area contributed by atoms with Crippen molar-refractivity contribution in [2.24, 2.45) is 10.8 Å². The number of hydrogen-bond donors (Lipinski definition) is 0. The summed E-state index contributed by atoms with van der Waals surface area (Å²) in [5, 5.41) is 0. The van der Waals surface area contributed by atoms with E-state index < -0.39 is 0 Å². The fourth-order valence-electron chi connectivity index (χ4n) is 2.43. The van der Waals surface area contributed by atoms with Gasteiger partial charge in [0.15, 0.2) is 0 Å². The molecule has 0 saturated heterocycles. The van der Waals surface area contributed by atoms with Crippen LogP contribution in [0, 0.1) is 10.8 Å². The van der Waals surface area contributed by atoms with Gasteiger partial charge in [0.05, 0.1) is 11.2 Å². The molecule has 16 heavy (non-hydrogen) atoms. The monoisotopic (exact) mass is 230 g/mol. The third kappa shape index (κ3) is 2.14. The summed E-state index contributed by atoms with van der Waals surface area (Å²) in [4.78, 5) is 0. The first kappa shape index (κ1) is 15.9. The first-order valence-electron chi connectivity index (χ1n) is 5.97. The standard InChI is InChI=1S/C14H30O2/c1-11(2,3)13(7,15-9)14(8,16-10)12(4,5)6/h1-10H3/t13-,14-/m0/s1. The molecule has 2 heteroatoms. The SMILES string of the molecule is CO[C@@](C)(C(C)(C)C)[C@@](C)(OC)C(C)(C)C. The molecule has 2 nitrogen and oxygen atoms in total. The predicted molar refractivity (Wildman–Crippen MR) is 69.7 cm³/mol. The van der Waals surface area contributed by atoms with E-state index in [1.807, 2.05) is 0 Å². The van der Waals surface area contributed by atoms with E-state index in [-0.39, 0.29) is 22.0 Å². The van der Waals surface area contributed by atoms with Crippen molar-refractivity contribution in [2.75, 3.05) is 14.2 Å². The largest absolute Gasteiger partial charge is 0.375 e. The van der Waals surface area contributed by atoms with Crippen LogP contribution >= 0.6 is 0 Å². The Hall–Kier alpha value is -0.0800. The molecule has 2 atom stereocenters. The molecule has 0 heterocycles. The molecule has 98 valence electrons. The van der Waals surface area contributed by atoms with Gasteiger partial charge in [0.1, 0.15) is 0 Å². The molecule has 0 unspecified atom stereocenters. The zero-order valence-electron chi connectivity index (χ0n) is 12.8. The second kappa shape index (κ2) is 4.30. The van der Waals surface area contributed by atoms with Crippen LogP contribution in [-0.2, 0) is 9.47 Å². The lowest BCUT2D eigenvalue weighted by Gasteiger charge is -2.57. The molecule has 0 aromatic rings. The third-order valence-corrected chi connectivity index (χ3v) is 4.59. The van der Waals surface area contributed by atoms with E-state index in [2.05, 4.69) is 55.4 Å². The van der Waals surface area contributed by atoms with Crippen LogP contribution in [0.1, 0.15) is 55.4 Å². The molecule has 0 aliphatic carbocycles. The number of hydrogen-bond acceptors (Lipinski definition) is 2. The van der Waals surface area contributed by atoms with Gasteiger partial charge in [-0.1, -0.05) is 41.5 Å². The highest BCUT2D eigenvalue weighted by atomic mass is 16.5. The van der Waals surface area contributed by atoms with Gasteiger partial charge < -0.3 is 9.47 Å². The fourth-order valence-corrected chi connectivity index (χ4v) is 2.43. The second-order valence-electron chi connectivity index (χ2n) is 6.97. The average Bonchev–Trinajstić information content (AvgIpc) is 2.11. The van der Waals surface area contributed by atoms with E-state index in [4.69, 9.17) is 9.47 Å². The Labute approximate surface area is 102 Å². The first-order valence-corrected chi connectivity index (χ1v) is 5.97. The molecule has 0 rings (SSSR count). The Morgan fingerprint density at radius 2 is 0.688 bits per heavy atom. The van der Waals surface area contributed by atoms with Crippen molar-refractivity contribution >= 4 is 0 Å². The highest BCUT2D eigenvalue weighted by molar-refractivity contribution is 5.08. The van der Waals surface area contributed by atoms with Crippen molar-refractivity contribution in [1.82, 2.24) is 0 Å². The fraction of sp³-hybridized carbons (Fsp3) is 1.00. The summed E-state index contributed by atoms with van der Waals surface area (Å²) in [5.74, 6) is 0. The molecule has 0 bridgehead atoms. The van der Waals surface area contributed by atoms with E-state index >= 15 is 0 Å². The van der Waals surface area contributed by atoms with E-state index in [9.17, 15) is 0 Å². The highest BCUT2D eigenvalue weighted by Crippen LogP contribution is 2.50.